The number of hydrogen-bond acceptors (Lipinski definition) is 4. The molecule has 2 aromatic rings. The van der Waals surface area contributed by atoms with Crippen molar-refractivity contribution in [3.05, 3.63) is 41.9 Å². The average molecular weight is 205 g/mol. The molecule has 3 nitrogen and oxygen atoms in total. The maximum atomic E-state index is 5.39. The van der Waals surface area contributed by atoms with E-state index >= 15 is 0 Å². The van der Waals surface area contributed by atoms with E-state index in [1.807, 2.05) is 17.6 Å². The van der Waals surface area contributed by atoms with Crippen molar-refractivity contribution in [2.45, 2.75) is 6.04 Å². The van der Waals surface area contributed by atoms with Gasteiger partial charge in [0.1, 0.15) is 0 Å². The van der Waals surface area contributed by atoms with E-state index in [2.05, 4.69) is 23.1 Å². The Morgan fingerprint density at radius 1 is 1.64 bits per heavy atom. The van der Waals surface area contributed by atoms with Crippen LogP contribution in [-0.4, -0.2) is 4.98 Å². The molecule has 0 aromatic carbocycles. The van der Waals surface area contributed by atoms with Crippen molar-refractivity contribution in [3.63, 3.8) is 0 Å². The highest BCUT2D eigenvalue weighted by atomic mass is 32.1. The molecular weight excluding hydrogens is 194 g/mol. The molecule has 0 aliphatic carbocycles. The van der Waals surface area contributed by atoms with E-state index in [4.69, 9.17) is 5.84 Å². The molecule has 72 valence electrons. The van der Waals surface area contributed by atoms with Gasteiger partial charge in [-0.05, 0) is 23.1 Å². The summed E-state index contributed by atoms with van der Waals surface area (Å²) in [6.07, 6.45) is 3.58. The highest BCUT2D eigenvalue weighted by Gasteiger charge is 2.06. The zero-order chi connectivity index (χ0) is 9.97. The fourth-order valence-corrected chi connectivity index (χ4v) is 2.12. The Hall–Kier alpha value is -1.23. The number of aromatic nitrogens is 1. The third kappa shape index (κ3) is 1.55. The van der Waals surface area contributed by atoms with E-state index < -0.39 is 0 Å². The molecule has 0 saturated heterocycles. The Morgan fingerprint density at radius 2 is 2.50 bits per heavy atom. The van der Waals surface area contributed by atoms with Gasteiger partial charge in [-0.25, -0.2) is 5.43 Å². The highest BCUT2D eigenvalue weighted by Crippen LogP contribution is 2.22. The van der Waals surface area contributed by atoms with Gasteiger partial charge in [-0.15, -0.1) is 17.9 Å². The van der Waals surface area contributed by atoms with Crippen molar-refractivity contribution < 1.29 is 0 Å². The molecule has 3 N–H and O–H groups in total. The highest BCUT2D eigenvalue weighted by molar-refractivity contribution is 7.17. The van der Waals surface area contributed by atoms with Crippen LogP contribution in [0.3, 0.4) is 0 Å². The third-order valence-electron chi connectivity index (χ3n) is 2.10. The SMILES string of the molecule is C=CC(NN)c1cnc2ccsc2c1. The van der Waals surface area contributed by atoms with Gasteiger partial charge < -0.3 is 0 Å². The molecule has 0 radical (unpaired) electrons. The van der Waals surface area contributed by atoms with Crippen molar-refractivity contribution in [2.24, 2.45) is 5.84 Å². The first-order valence-electron chi connectivity index (χ1n) is 4.27. The average Bonchev–Trinajstić information content (AvgIpc) is 2.66. The van der Waals surface area contributed by atoms with Crippen LogP contribution >= 0.6 is 11.3 Å². The molecule has 0 saturated carbocycles. The Morgan fingerprint density at radius 3 is 3.21 bits per heavy atom. The van der Waals surface area contributed by atoms with Crippen LogP contribution in [0.5, 0.6) is 0 Å². The minimum absolute atomic E-state index is 0.0333. The summed E-state index contributed by atoms with van der Waals surface area (Å²) >= 11 is 1.67. The second-order valence-corrected chi connectivity index (χ2v) is 3.90. The predicted molar refractivity (Wildman–Crippen MR) is 59.9 cm³/mol. The number of fused-ring (bicyclic) bond motifs is 1. The van der Waals surface area contributed by atoms with E-state index in [1.54, 1.807) is 17.4 Å². The molecule has 0 fully saturated rings. The van der Waals surface area contributed by atoms with Gasteiger partial charge >= 0.3 is 0 Å². The van der Waals surface area contributed by atoms with Crippen LogP contribution in [0.2, 0.25) is 0 Å². The summed E-state index contributed by atoms with van der Waals surface area (Å²) in [6.45, 7) is 3.71. The van der Waals surface area contributed by atoms with E-state index in [9.17, 15) is 0 Å². The van der Waals surface area contributed by atoms with Crippen molar-refractivity contribution in [3.8, 4) is 0 Å². The monoisotopic (exact) mass is 205 g/mol. The lowest BCUT2D eigenvalue weighted by molar-refractivity contribution is 0.655. The second-order valence-electron chi connectivity index (χ2n) is 2.95. The molecule has 0 aliphatic rings. The fourth-order valence-electron chi connectivity index (χ4n) is 1.33. The van der Waals surface area contributed by atoms with Gasteiger partial charge in [-0.2, -0.15) is 0 Å². The first-order chi connectivity index (χ1) is 6.85. The summed E-state index contributed by atoms with van der Waals surface area (Å²) in [7, 11) is 0. The molecule has 2 aromatic heterocycles. The van der Waals surface area contributed by atoms with Crippen molar-refractivity contribution >= 4 is 21.6 Å². The molecule has 0 bridgehead atoms. The number of hydrogen-bond donors (Lipinski definition) is 2. The van der Waals surface area contributed by atoms with Crippen LogP contribution in [0.4, 0.5) is 0 Å². The topological polar surface area (TPSA) is 50.9 Å². The lowest BCUT2D eigenvalue weighted by Gasteiger charge is -2.10. The normalized spacial score (nSPS) is 12.9. The number of rotatable bonds is 3. The van der Waals surface area contributed by atoms with Gasteiger partial charge in [-0.1, -0.05) is 6.08 Å². The van der Waals surface area contributed by atoms with Crippen LogP contribution in [-0.2, 0) is 0 Å². The summed E-state index contributed by atoms with van der Waals surface area (Å²) in [5.74, 6) is 5.39. The van der Waals surface area contributed by atoms with Gasteiger partial charge in [0, 0.05) is 6.20 Å². The lowest BCUT2D eigenvalue weighted by Crippen LogP contribution is -2.26. The summed E-state index contributed by atoms with van der Waals surface area (Å²) in [6, 6.07) is 4.05. The zero-order valence-electron chi connectivity index (χ0n) is 7.60. The van der Waals surface area contributed by atoms with E-state index in [1.165, 1.54) is 4.70 Å². The van der Waals surface area contributed by atoms with Crippen LogP contribution in [0.1, 0.15) is 11.6 Å². The molecule has 4 heteroatoms. The van der Waals surface area contributed by atoms with Crippen molar-refractivity contribution in [1.82, 2.24) is 10.4 Å². The molecule has 1 atom stereocenters. The summed E-state index contributed by atoms with van der Waals surface area (Å²) in [5, 5.41) is 2.03. The number of hydrazine groups is 1. The van der Waals surface area contributed by atoms with E-state index in [-0.39, 0.29) is 6.04 Å². The van der Waals surface area contributed by atoms with Crippen molar-refractivity contribution in [2.75, 3.05) is 0 Å². The summed E-state index contributed by atoms with van der Waals surface area (Å²) in [5.41, 5.74) is 4.74. The van der Waals surface area contributed by atoms with Crippen LogP contribution in [0.15, 0.2) is 36.4 Å². The minimum Gasteiger partial charge on any atom is -0.271 e. The maximum absolute atomic E-state index is 5.39. The molecule has 14 heavy (non-hydrogen) atoms. The smallest absolute Gasteiger partial charge is 0.0809 e. The summed E-state index contributed by atoms with van der Waals surface area (Å²) < 4.78 is 1.17. The zero-order valence-corrected chi connectivity index (χ0v) is 8.42. The number of nitrogens with two attached hydrogens (primary N) is 1. The van der Waals surface area contributed by atoms with Crippen LogP contribution in [0, 0.1) is 0 Å². The Bertz CT molecular complexity index is 449. The van der Waals surface area contributed by atoms with E-state index in [0.717, 1.165) is 11.1 Å². The first-order valence-corrected chi connectivity index (χ1v) is 5.15. The molecule has 1 unspecified atom stereocenters. The molecule has 2 heterocycles. The van der Waals surface area contributed by atoms with Crippen molar-refractivity contribution in [1.29, 1.82) is 0 Å². The van der Waals surface area contributed by atoms with Gasteiger partial charge in [0.05, 0.1) is 16.3 Å². The number of thiophene rings is 1. The molecule has 0 amide bonds. The largest absolute Gasteiger partial charge is 0.271 e. The molecule has 0 spiro atoms. The molecule has 0 aliphatic heterocycles. The predicted octanol–water partition coefficient (Wildman–Crippen LogP) is 1.99. The molecule has 2 rings (SSSR count). The van der Waals surface area contributed by atoms with Crippen LogP contribution < -0.4 is 11.3 Å². The standard InChI is InChI=1S/C10H11N3S/c1-2-8(13-11)7-5-10-9(12-6-7)3-4-14-10/h2-6,8,13H,1,11H2. The Balaban J connectivity index is 2.47. The summed E-state index contributed by atoms with van der Waals surface area (Å²) in [4.78, 5) is 4.33. The number of nitrogens with zero attached hydrogens (tertiary/aromatic N) is 1. The van der Waals surface area contributed by atoms with Gasteiger partial charge in [0.2, 0.25) is 0 Å². The lowest BCUT2D eigenvalue weighted by atomic mass is 10.1. The Kier molecular flexibility index (Phi) is 2.58. The van der Waals surface area contributed by atoms with Gasteiger partial charge in [0.15, 0.2) is 0 Å². The number of pyridine rings is 1. The Labute approximate surface area is 86.2 Å². The quantitative estimate of drug-likeness (QED) is 0.457. The minimum atomic E-state index is -0.0333. The van der Waals surface area contributed by atoms with Gasteiger partial charge in [0.25, 0.3) is 0 Å². The first kappa shape index (κ1) is 9.33. The van der Waals surface area contributed by atoms with Crippen LogP contribution in [0.25, 0.3) is 10.2 Å². The van der Waals surface area contributed by atoms with E-state index in [0.29, 0.717) is 0 Å². The second kappa shape index (κ2) is 3.88. The van der Waals surface area contributed by atoms with Gasteiger partial charge in [-0.3, -0.25) is 10.8 Å². The number of nitrogens with one attached hydrogen (secondary N) is 1. The third-order valence-corrected chi connectivity index (χ3v) is 2.95. The maximum Gasteiger partial charge on any atom is 0.0809 e. The molecular formula is C10H11N3S. The fraction of sp³-hybridized carbons (Fsp3) is 0.100.